The van der Waals surface area contributed by atoms with Crippen molar-refractivity contribution in [1.82, 2.24) is 0 Å². The van der Waals surface area contributed by atoms with Crippen LogP contribution in [0.3, 0.4) is 0 Å². The van der Waals surface area contributed by atoms with Crippen LogP contribution in [0.1, 0.15) is 32.3 Å². The fraction of sp³-hybridized carbons (Fsp3) is 0.500. The second kappa shape index (κ2) is 4.90. The minimum Gasteiger partial charge on any atom is -0.399 e. The summed E-state index contributed by atoms with van der Waals surface area (Å²) in [5.41, 5.74) is 7.93. The van der Waals surface area contributed by atoms with Crippen LogP contribution in [0, 0.1) is 5.92 Å². The average molecular weight is 177 g/mol. The van der Waals surface area contributed by atoms with E-state index >= 15 is 0 Å². The zero-order valence-electron chi connectivity index (χ0n) is 8.59. The third kappa shape index (κ3) is 3.97. The fourth-order valence-corrected chi connectivity index (χ4v) is 1.46. The molecular formula is C12H19N. The van der Waals surface area contributed by atoms with Gasteiger partial charge in [0.2, 0.25) is 0 Å². The minimum atomic E-state index is 0.807. The molecule has 0 saturated heterocycles. The van der Waals surface area contributed by atoms with Crippen molar-refractivity contribution in [2.24, 2.45) is 5.92 Å². The summed E-state index contributed by atoms with van der Waals surface area (Å²) in [4.78, 5) is 0. The maximum Gasteiger partial charge on any atom is 0.0316 e. The van der Waals surface area contributed by atoms with Crippen molar-refractivity contribution in [3.8, 4) is 0 Å². The van der Waals surface area contributed by atoms with Crippen LogP contribution in [0.5, 0.6) is 0 Å². The second-order valence-corrected chi connectivity index (χ2v) is 4.03. The summed E-state index contributed by atoms with van der Waals surface area (Å²) in [6.45, 7) is 4.53. The second-order valence-electron chi connectivity index (χ2n) is 4.03. The first-order valence-electron chi connectivity index (χ1n) is 5.03. The molecule has 0 bridgehead atoms. The number of rotatable bonds is 4. The normalized spacial score (nSPS) is 10.7. The lowest BCUT2D eigenvalue weighted by atomic mass is 10.0. The number of nitrogen functional groups attached to an aromatic ring is 1. The highest BCUT2D eigenvalue weighted by Crippen LogP contribution is 2.12. The molecule has 0 atom stereocenters. The van der Waals surface area contributed by atoms with E-state index in [1.807, 2.05) is 12.1 Å². The summed E-state index contributed by atoms with van der Waals surface area (Å²) < 4.78 is 0. The molecule has 1 aromatic carbocycles. The van der Waals surface area contributed by atoms with Gasteiger partial charge in [0.1, 0.15) is 0 Å². The smallest absolute Gasteiger partial charge is 0.0316 e. The Morgan fingerprint density at radius 3 is 2.69 bits per heavy atom. The van der Waals surface area contributed by atoms with Crippen LogP contribution in [-0.4, -0.2) is 0 Å². The first-order chi connectivity index (χ1) is 6.18. The van der Waals surface area contributed by atoms with Gasteiger partial charge in [0.05, 0.1) is 0 Å². The molecule has 1 heteroatoms. The highest BCUT2D eigenvalue weighted by molar-refractivity contribution is 5.40. The fourth-order valence-electron chi connectivity index (χ4n) is 1.46. The van der Waals surface area contributed by atoms with Gasteiger partial charge in [-0.2, -0.15) is 0 Å². The topological polar surface area (TPSA) is 26.0 Å². The Kier molecular flexibility index (Phi) is 3.81. The Hall–Kier alpha value is -0.980. The molecule has 0 aromatic heterocycles. The molecule has 0 aliphatic rings. The maximum atomic E-state index is 5.69. The highest BCUT2D eigenvalue weighted by Gasteiger charge is 1.96. The van der Waals surface area contributed by atoms with Gasteiger partial charge < -0.3 is 5.73 Å². The molecule has 0 saturated carbocycles. The first-order valence-corrected chi connectivity index (χ1v) is 5.03. The van der Waals surface area contributed by atoms with Crippen molar-refractivity contribution in [3.05, 3.63) is 29.8 Å². The van der Waals surface area contributed by atoms with Gasteiger partial charge in [0.15, 0.2) is 0 Å². The summed E-state index contributed by atoms with van der Waals surface area (Å²) in [6, 6.07) is 8.18. The van der Waals surface area contributed by atoms with Crippen LogP contribution >= 0.6 is 0 Å². The van der Waals surface area contributed by atoms with Gasteiger partial charge in [0, 0.05) is 5.69 Å². The Morgan fingerprint density at radius 2 is 2.08 bits per heavy atom. The van der Waals surface area contributed by atoms with Crippen molar-refractivity contribution in [2.45, 2.75) is 33.1 Å². The predicted octanol–water partition coefficient (Wildman–Crippen LogP) is 3.25. The molecule has 0 aliphatic heterocycles. The number of nitrogens with two attached hydrogens (primary N) is 1. The lowest BCUT2D eigenvalue weighted by molar-refractivity contribution is 0.556. The molecule has 0 spiro atoms. The molecule has 72 valence electrons. The molecule has 1 aromatic rings. The van der Waals surface area contributed by atoms with Crippen molar-refractivity contribution < 1.29 is 0 Å². The number of hydrogen-bond acceptors (Lipinski definition) is 1. The van der Waals surface area contributed by atoms with Gasteiger partial charge in [-0.1, -0.05) is 32.4 Å². The molecule has 0 fully saturated rings. The number of hydrogen-bond donors (Lipinski definition) is 1. The monoisotopic (exact) mass is 177 g/mol. The van der Waals surface area contributed by atoms with Gasteiger partial charge in [0.25, 0.3) is 0 Å². The number of anilines is 1. The molecule has 0 unspecified atom stereocenters. The molecule has 1 rings (SSSR count). The van der Waals surface area contributed by atoms with Crippen molar-refractivity contribution in [3.63, 3.8) is 0 Å². The van der Waals surface area contributed by atoms with Crippen LogP contribution in [0.2, 0.25) is 0 Å². The molecular weight excluding hydrogens is 158 g/mol. The predicted molar refractivity (Wildman–Crippen MR) is 58.6 cm³/mol. The van der Waals surface area contributed by atoms with E-state index in [0.29, 0.717) is 0 Å². The Balaban J connectivity index is 2.37. The average Bonchev–Trinajstić information content (AvgIpc) is 2.03. The van der Waals surface area contributed by atoms with Crippen molar-refractivity contribution in [1.29, 1.82) is 0 Å². The number of aryl methyl sites for hydroxylation is 1. The van der Waals surface area contributed by atoms with E-state index in [9.17, 15) is 0 Å². The summed E-state index contributed by atoms with van der Waals surface area (Å²) in [7, 11) is 0. The van der Waals surface area contributed by atoms with Crippen LogP contribution in [0.15, 0.2) is 24.3 Å². The van der Waals surface area contributed by atoms with E-state index in [-0.39, 0.29) is 0 Å². The van der Waals surface area contributed by atoms with Crippen LogP contribution in [-0.2, 0) is 6.42 Å². The van der Waals surface area contributed by atoms with E-state index in [2.05, 4.69) is 26.0 Å². The first kappa shape index (κ1) is 10.1. The molecule has 13 heavy (non-hydrogen) atoms. The standard InChI is InChI=1S/C12H19N/c1-10(2)5-3-6-11-7-4-8-12(13)9-11/h4,7-10H,3,5-6,13H2,1-2H3. The number of benzene rings is 1. The molecule has 0 heterocycles. The van der Waals surface area contributed by atoms with Crippen LogP contribution < -0.4 is 5.73 Å². The SMILES string of the molecule is CC(C)CCCc1cccc(N)c1. The third-order valence-electron chi connectivity index (χ3n) is 2.20. The van der Waals surface area contributed by atoms with E-state index in [1.54, 1.807) is 0 Å². The van der Waals surface area contributed by atoms with E-state index < -0.39 is 0 Å². The van der Waals surface area contributed by atoms with Crippen LogP contribution in [0.4, 0.5) is 5.69 Å². The summed E-state index contributed by atoms with van der Waals surface area (Å²) >= 11 is 0. The third-order valence-corrected chi connectivity index (χ3v) is 2.20. The van der Waals surface area contributed by atoms with Crippen molar-refractivity contribution >= 4 is 5.69 Å². The summed E-state index contributed by atoms with van der Waals surface area (Å²) in [5.74, 6) is 0.807. The van der Waals surface area contributed by atoms with Gasteiger partial charge >= 0.3 is 0 Å². The molecule has 2 N–H and O–H groups in total. The van der Waals surface area contributed by atoms with Gasteiger partial charge in [-0.15, -0.1) is 0 Å². The van der Waals surface area contributed by atoms with Gasteiger partial charge in [-0.25, -0.2) is 0 Å². The zero-order valence-corrected chi connectivity index (χ0v) is 8.59. The Labute approximate surface area is 81.0 Å². The van der Waals surface area contributed by atoms with Crippen molar-refractivity contribution in [2.75, 3.05) is 5.73 Å². The summed E-state index contributed by atoms with van der Waals surface area (Å²) in [5, 5.41) is 0. The largest absolute Gasteiger partial charge is 0.399 e. The lowest BCUT2D eigenvalue weighted by Gasteiger charge is -2.04. The van der Waals surface area contributed by atoms with E-state index in [0.717, 1.165) is 18.0 Å². The molecule has 0 amide bonds. The zero-order chi connectivity index (χ0) is 9.68. The van der Waals surface area contributed by atoms with Crippen LogP contribution in [0.25, 0.3) is 0 Å². The van der Waals surface area contributed by atoms with E-state index in [1.165, 1.54) is 18.4 Å². The minimum absolute atomic E-state index is 0.807. The molecule has 0 radical (unpaired) electrons. The quantitative estimate of drug-likeness (QED) is 0.702. The van der Waals surface area contributed by atoms with E-state index in [4.69, 9.17) is 5.73 Å². The van der Waals surface area contributed by atoms with Gasteiger partial charge in [-0.05, 0) is 36.5 Å². The molecule has 0 aliphatic carbocycles. The Bertz CT molecular complexity index is 253. The summed E-state index contributed by atoms with van der Waals surface area (Å²) in [6.07, 6.45) is 3.72. The van der Waals surface area contributed by atoms with Gasteiger partial charge in [-0.3, -0.25) is 0 Å². The highest BCUT2D eigenvalue weighted by atomic mass is 14.5. The lowest BCUT2D eigenvalue weighted by Crippen LogP contribution is -1.92. The molecule has 1 nitrogen and oxygen atoms in total. The maximum absolute atomic E-state index is 5.69. The Morgan fingerprint density at radius 1 is 1.31 bits per heavy atom.